The van der Waals surface area contributed by atoms with Crippen LogP contribution in [0.25, 0.3) is 0 Å². The highest BCUT2D eigenvalue weighted by Gasteiger charge is 1.97. The van der Waals surface area contributed by atoms with Crippen molar-refractivity contribution in [1.29, 1.82) is 0 Å². The number of hydrogen-bond donors (Lipinski definition) is 2. The first kappa shape index (κ1) is 10.9. The van der Waals surface area contributed by atoms with Gasteiger partial charge in [-0.15, -0.1) is 0 Å². The zero-order valence-electron chi connectivity index (χ0n) is 8.16. The second kappa shape index (κ2) is 4.90. The van der Waals surface area contributed by atoms with Crippen LogP contribution in [0.5, 0.6) is 0 Å². The fourth-order valence-electron chi connectivity index (χ4n) is 0.993. The molecule has 1 atom stereocenters. The van der Waals surface area contributed by atoms with Gasteiger partial charge in [0, 0.05) is 35.4 Å². The normalized spacial score (nSPS) is 12.4. The van der Waals surface area contributed by atoms with Crippen molar-refractivity contribution in [3.05, 3.63) is 22.2 Å². The van der Waals surface area contributed by atoms with E-state index in [1.165, 1.54) is 6.07 Å². The highest BCUT2D eigenvalue weighted by Crippen LogP contribution is 1.96. The minimum absolute atomic E-state index is 0.183. The summed E-state index contributed by atoms with van der Waals surface area (Å²) in [6, 6.07) is 1.38. The van der Waals surface area contributed by atoms with Crippen molar-refractivity contribution in [2.75, 3.05) is 23.9 Å². The van der Waals surface area contributed by atoms with Crippen LogP contribution >= 0.6 is 0 Å². The molecule has 0 aromatic carbocycles. The molecule has 78 valence electrons. The van der Waals surface area contributed by atoms with Crippen molar-refractivity contribution in [2.24, 2.45) is 0 Å². The molecule has 0 spiro atoms. The Kier molecular flexibility index (Phi) is 3.82. The van der Waals surface area contributed by atoms with Crippen molar-refractivity contribution in [2.45, 2.75) is 6.92 Å². The van der Waals surface area contributed by atoms with E-state index in [0.29, 0.717) is 23.9 Å². The topological polar surface area (TPSA) is 74.8 Å². The van der Waals surface area contributed by atoms with Crippen molar-refractivity contribution in [1.82, 2.24) is 9.97 Å². The average molecular weight is 215 g/mol. The lowest BCUT2D eigenvalue weighted by Gasteiger charge is -2.03. The molecule has 0 saturated carbocycles. The van der Waals surface area contributed by atoms with Crippen LogP contribution in [0.1, 0.15) is 5.82 Å². The standard InChI is InChI=1S/C8H13N3O2S/c1-6-10-7(5-8(12)11-6)9-3-4-14(2)13/h5H,3-4H2,1-2H3,(H2,9,10,11,12). The number of H-pyrrole nitrogens is 1. The van der Waals surface area contributed by atoms with Gasteiger partial charge in [0.15, 0.2) is 0 Å². The van der Waals surface area contributed by atoms with E-state index in [1.54, 1.807) is 13.2 Å². The van der Waals surface area contributed by atoms with E-state index in [9.17, 15) is 9.00 Å². The molecule has 2 N–H and O–H groups in total. The molecule has 0 aliphatic rings. The van der Waals surface area contributed by atoms with Gasteiger partial charge in [0.05, 0.1) is 0 Å². The zero-order valence-corrected chi connectivity index (χ0v) is 8.98. The molecule has 1 rings (SSSR count). The smallest absolute Gasteiger partial charge is 0.252 e. The van der Waals surface area contributed by atoms with Gasteiger partial charge in [-0.25, -0.2) is 4.98 Å². The van der Waals surface area contributed by atoms with Gasteiger partial charge < -0.3 is 10.3 Å². The first-order chi connectivity index (χ1) is 6.58. The van der Waals surface area contributed by atoms with Gasteiger partial charge >= 0.3 is 0 Å². The molecule has 0 saturated heterocycles. The summed E-state index contributed by atoms with van der Waals surface area (Å²) in [6.45, 7) is 2.27. The van der Waals surface area contributed by atoms with Crippen molar-refractivity contribution in [3.8, 4) is 0 Å². The van der Waals surface area contributed by atoms with Gasteiger partial charge in [-0.1, -0.05) is 0 Å². The molecule has 1 heterocycles. The SMILES string of the molecule is Cc1nc(NCCS(C)=O)cc(=O)[nH]1. The Morgan fingerprint density at radius 2 is 2.36 bits per heavy atom. The lowest BCUT2D eigenvalue weighted by molar-refractivity contribution is 0.687. The van der Waals surface area contributed by atoms with E-state index < -0.39 is 10.8 Å². The number of aromatic nitrogens is 2. The Morgan fingerprint density at radius 1 is 1.64 bits per heavy atom. The predicted molar refractivity (Wildman–Crippen MR) is 57.0 cm³/mol. The fraction of sp³-hybridized carbons (Fsp3) is 0.500. The summed E-state index contributed by atoms with van der Waals surface area (Å²) < 4.78 is 10.8. The third-order valence-electron chi connectivity index (χ3n) is 1.56. The van der Waals surface area contributed by atoms with Crippen LogP contribution in [0.15, 0.2) is 10.9 Å². The molecule has 0 aliphatic carbocycles. The number of aromatic amines is 1. The quantitative estimate of drug-likeness (QED) is 0.733. The Balaban J connectivity index is 2.59. The lowest BCUT2D eigenvalue weighted by Crippen LogP contribution is -2.15. The number of hydrogen-bond acceptors (Lipinski definition) is 4. The summed E-state index contributed by atoms with van der Waals surface area (Å²) in [7, 11) is -0.826. The Hall–Kier alpha value is -1.17. The van der Waals surface area contributed by atoms with Gasteiger partial charge in [-0.3, -0.25) is 9.00 Å². The molecular weight excluding hydrogens is 202 g/mol. The number of anilines is 1. The Bertz CT molecular complexity index is 388. The minimum atomic E-state index is -0.826. The van der Waals surface area contributed by atoms with E-state index in [1.807, 2.05) is 0 Å². The van der Waals surface area contributed by atoms with Crippen LogP contribution in [0.3, 0.4) is 0 Å². The molecule has 1 unspecified atom stereocenters. The Labute approximate surface area is 84.4 Å². The first-order valence-corrected chi connectivity index (χ1v) is 5.92. The summed E-state index contributed by atoms with van der Waals surface area (Å²) in [5.74, 6) is 1.64. The van der Waals surface area contributed by atoms with Crippen LogP contribution in [-0.2, 0) is 10.8 Å². The van der Waals surface area contributed by atoms with Crippen LogP contribution in [0.4, 0.5) is 5.82 Å². The molecule has 0 bridgehead atoms. The summed E-state index contributed by atoms with van der Waals surface area (Å²) in [5, 5.41) is 2.93. The molecule has 6 heteroatoms. The van der Waals surface area contributed by atoms with E-state index in [0.717, 1.165) is 0 Å². The molecule has 1 aromatic rings. The molecule has 0 aliphatic heterocycles. The average Bonchev–Trinajstić information content (AvgIpc) is 2.01. The highest BCUT2D eigenvalue weighted by atomic mass is 32.2. The summed E-state index contributed by atoms with van der Waals surface area (Å²) in [4.78, 5) is 17.6. The summed E-state index contributed by atoms with van der Waals surface area (Å²) in [5.41, 5.74) is -0.183. The highest BCUT2D eigenvalue weighted by molar-refractivity contribution is 7.84. The predicted octanol–water partition coefficient (Wildman–Crippen LogP) is -0.131. The van der Waals surface area contributed by atoms with Gasteiger partial charge in [-0.05, 0) is 6.92 Å². The third-order valence-corrected chi connectivity index (χ3v) is 2.33. The maximum atomic E-state index is 11.0. The molecule has 0 radical (unpaired) electrons. The van der Waals surface area contributed by atoms with E-state index in [2.05, 4.69) is 15.3 Å². The molecular formula is C8H13N3O2S. The Morgan fingerprint density at radius 3 is 2.93 bits per heavy atom. The maximum Gasteiger partial charge on any atom is 0.252 e. The minimum Gasteiger partial charge on any atom is -0.369 e. The molecule has 5 nitrogen and oxygen atoms in total. The number of aryl methyl sites for hydroxylation is 1. The van der Waals surface area contributed by atoms with Crippen LogP contribution in [0.2, 0.25) is 0 Å². The summed E-state index contributed by atoms with van der Waals surface area (Å²) in [6.07, 6.45) is 1.64. The number of nitrogens with one attached hydrogen (secondary N) is 2. The van der Waals surface area contributed by atoms with Crippen LogP contribution < -0.4 is 10.9 Å². The van der Waals surface area contributed by atoms with Gasteiger partial charge in [0.2, 0.25) is 0 Å². The fourth-order valence-corrected chi connectivity index (χ4v) is 1.38. The monoisotopic (exact) mass is 215 g/mol. The number of rotatable bonds is 4. The number of nitrogens with zero attached hydrogens (tertiary/aromatic N) is 1. The molecule has 0 amide bonds. The van der Waals surface area contributed by atoms with Crippen molar-refractivity contribution >= 4 is 16.6 Å². The second-order valence-corrected chi connectivity index (χ2v) is 4.47. The molecule has 14 heavy (non-hydrogen) atoms. The largest absolute Gasteiger partial charge is 0.369 e. The van der Waals surface area contributed by atoms with Crippen LogP contribution in [-0.4, -0.2) is 32.7 Å². The van der Waals surface area contributed by atoms with Gasteiger partial charge in [0.25, 0.3) is 5.56 Å². The van der Waals surface area contributed by atoms with Gasteiger partial charge in [-0.2, -0.15) is 0 Å². The van der Waals surface area contributed by atoms with Crippen molar-refractivity contribution in [3.63, 3.8) is 0 Å². The molecule has 1 aromatic heterocycles. The van der Waals surface area contributed by atoms with Crippen molar-refractivity contribution < 1.29 is 4.21 Å². The molecule has 0 fully saturated rings. The summed E-state index contributed by atoms with van der Waals surface area (Å²) >= 11 is 0. The maximum absolute atomic E-state index is 11.0. The van der Waals surface area contributed by atoms with E-state index in [-0.39, 0.29) is 5.56 Å². The first-order valence-electron chi connectivity index (χ1n) is 4.20. The van der Waals surface area contributed by atoms with Crippen LogP contribution in [0, 0.1) is 6.92 Å². The second-order valence-electron chi connectivity index (χ2n) is 2.92. The van der Waals surface area contributed by atoms with E-state index >= 15 is 0 Å². The zero-order chi connectivity index (χ0) is 10.6. The third kappa shape index (κ3) is 3.69. The van der Waals surface area contributed by atoms with E-state index in [4.69, 9.17) is 0 Å². The lowest BCUT2D eigenvalue weighted by atomic mass is 10.5. The van der Waals surface area contributed by atoms with Gasteiger partial charge in [0.1, 0.15) is 11.6 Å².